The molecule has 22 heavy (non-hydrogen) atoms. The maximum absolute atomic E-state index is 12.2. The van der Waals surface area contributed by atoms with E-state index >= 15 is 0 Å². The van der Waals surface area contributed by atoms with E-state index in [9.17, 15) is 4.79 Å². The summed E-state index contributed by atoms with van der Waals surface area (Å²) < 4.78 is 0. The van der Waals surface area contributed by atoms with Crippen LogP contribution < -0.4 is 0 Å². The highest BCUT2D eigenvalue weighted by Crippen LogP contribution is 2.32. The Morgan fingerprint density at radius 2 is 1.77 bits per heavy atom. The van der Waals surface area contributed by atoms with Crippen molar-refractivity contribution in [1.82, 2.24) is 9.80 Å². The summed E-state index contributed by atoms with van der Waals surface area (Å²) >= 11 is 0. The van der Waals surface area contributed by atoms with E-state index in [4.69, 9.17) is 0 Å². The van der Waals surface area contributed by atoms with Gasteiger partial charge in [0.25, 0.3) is 0 Å². The molecule has 1 aromatic carbocycles. The third-order valence-corrected chi connectivity index (χ3v) is 4.37. The van der Waals surface area contributed by atoms with Crippen LogP contribution >= 0.6 is 0 Å². The Hall–Kier alpha value is -1.77. The van der Waals surface area contributed by atoms with Crippen LogP contribution in [-0.2, 0) is 6.54 Å². The monoisotopic (exact) mass is 300 g/mol. The van der Waals surface area contributed by atoms with Gasteiger partial charge in [-0.15, -0.1) is 0 Å². The molecule has 2 rings (SSSR count). The van der Waals surface area contributed by atoms with E-state index in [1.807, 2.05) is 19.2 Å². The Kier molecular flexibility index (Phi) is 6.05. The van der Waals surface area contributed by atoms with Gasteiger partial charge < -0.3 is 4.90 Å². The first kappa shape index (κ1) is 16.6. The van der Waals surface area contributed by atoms with Gasteiger partial charge in [-0.05, 0) is 36.8 Å². The molecule has 120 valence electrons. The predicted octanol–water partition coefficient (Wildman–Crippen LogP) is 4.75. The second kappa shape index (κ2) is 8.02. The van der Waals surface area contributed by atoms with Crippen LogP contribution in [0.1, 0.15) is 56.1 Å². The van der Waals surface area contributed by atoms with Crippen LogP contribution in [0.15, 0.2) is 36.5 Å². The topological polar surface area (TPSA) is 23.6 Å². The van der Waals surface area contributed by atoms with Crippen molar-refractivity contribution >= 4 is 6.03 Å². The molecule has 0 aliphatic heterocycles. The summed E-state index contributed by atoms with van der Waals surface area (Å²) in [7, 11) is 3.57. The van der Waals surface area contributed by atoms with Crippen LogP contribution in [0.5, 0.6) is 0 Å². The number of nitrogens with zero attached hydrogens (tertiary/aromatic N) is 2. The lowest BCUT2D eigenvalue weighted by Gasteiger charge is -2.24. The third kappa shape index (κ3) is 4.36. The maximum Gasteiger partial charge on any atom is 0.323 e. The van der Waals surface area contributed by atoms with Crippen LogP contribution in [0.4, 0.5) is 4.79 Å². The number of rotatable bonds is 4. The van der Waals surface area contributed by atoms with Gasteiger partial charge in [-0.25, -0.2) is 4.79 Å². The fourth-order valence-electron chi connectivity index (χ4n) is 3.15. The molecule has 0 saturated heterocycles. The predicted molar refractivity (Wildman–Crippen MR) is 91.7 cm³/mol. The zero-order chi connectivity index (χ0) is 15.9. The molecule has 1 aliphatic carbocycles. The second-order valence-corrected chi connectivity index (χ2v) is 6.36. The molecule has 3 heteroatoms. The number of carbonyl (C=O) groups excluding carboxylic acids is 1. The number of urea groups is 1. The van der Waals surface area contributed by atoms with E-state index in [1.165, 1.54) is 43.2 Å². The van der Waals surface area contributed by atoms with Gasteiger partial charge in [-0.3, -0.25) is 4.90 Å². The van der Waals surface area contributed by atoms with Crippen molar-refractivity contribution in [3.63, 3.8) is 0 Å². The highest BCUT2D eigenvalue weighted by Gasteiger charge is 2.16. The molecule has 2 amide bonds. The average Bonchev–Trinajstić information content (AvgIpc) is 2.55. The first-order chi connectivity index (χ1) is 10.6. The molecule has 1 saturated carbocycles. The van der Waals surface area contributed by atoms with E-state index in [0.717, 1.165) is 5.92 Å². The minimum Gasteiger partial charge on any atom is -0.330 e. The minimum atomic E-state index is 0.00876. The van der Waals surface area contributed by atoms with Gasteiger partial charge in [0.05, 0.1) is 6.54 Å². The highest BCUT2D eigenvalue weighted by molar-refractivity contribution is 5.74. The van der Waals surface area contributed by atoms with Crippen molar-refractivity contribution in [2.75, 3.05) is 14.1 Å². The van der Waals surface area contributed by atoms with Crippen molar-refractivity contribution in [2.45, 2.75) is 51.5 Å². The number of benzene rings is 1. The maximum atomic E-state index is 12.2. The first-order valence-corrected chi connectivity index (χ1v) is 8.31. The van der Waals surface area contributed by atoms with Crippen LogP contribution in [0.2, 0.25) is 0 Å². The molecule has 0 spiro atoms. The van der Waals surface area contributed by atoms with Gasteiger partial charge >= 0.3 is 6.03 Å². The molecule has 1 aromatic rings. The molecule has 3 nitrogen and oxygen atoms in total. The van der Waals surface area contributed by atoms with Crippen LogP contribution in [0.25, 0.3) is 0 Å². The van der Waals surface area contributed by atoms with Gasteiger partial charge in [-0.1, -0.05) is 49.6 Å². The SMILES string of the molecule is C/C=C/N(Cc1ccc(C2CCCCC2)cc1)C(=O)N(C)C. The Labute approximate surface area is 134 Å². The molecule has 0 bridgehead atoms. The van der Waals surface area contributed by atoms with Gasteiger partial charge in [0.2, 0.25) is 0 Å². The molecular formula is C19H28N2O. The van der Waals surface area contributed by atoms with Crippen LogP contribution in [0, 0.1) is 0 Å². The van der Waals surface area contributed by atoms with Gasteiger partial charge in [0.15, 0.2) is 0 Å². The van der Waals surface area contributed by atoms with Gasteiger partial charge in [-0.2, -0.15) is 0 Å². The normalized spacial score (nSPS) is 16.0. The number of hydrogen-bond acceptors (Lipinski definition) is 1. The molecule has 1 fully saturated rings. The van der Waals surface area contributed by atoms with E-state index in [2.05, 4.69) is 24.3 Å². The standard InChI is InChI=1S/C19H28N2O/c1-4-14-21(19(22)20(2)3)15-16-10-12-18(13-11-16)17-8-6-5-7-9-17/h4,10-14,17H,5-9,15H2,1-3H3/b14-4+. The number of carbonyl (C=O) groups is 1. The minimum absolute atomic E-state index is 0.00876. The quantitative estimate of drug-likeness (QED) is 0.787. The molecular weight excluding hydrogens is 272 g/mol. The Morgan fingerprint density at radius 1 is 1.14 bits per heavy atom. The zero-order valence-electron chi connectivity index (χ0n) is 14.1. The van der Waals surface area contributed by atoms with Crippen molar-refractivity contribution in [3.05, 3.63) is 47.7 Å². The van der Waals surface area contributed by atoms with E-state index in [0.29, 0.717) is 6.54 Å². The second-order valence-electron chi connectivity index (χ2n) is 6.36. The van der Waals surface area contributed by atoms with E-state index < -0.39 is 0 Å². The lowest BCUT2D eigenvalue weighted by molar-refractivity contribution is 0.187. The average molecular weight is 300 g/mol. The molecule has 0 heterocycles. The molecule has 0 N–H and O–H groups in total. The smallest absolute Gasteiger partial charge is 0.323 e. The lowest BCUT2D eigenvalue weighted by atomic mass is 9.84. The molecule has 1 aliphatic rings. The van der Waals surface area contributed by atoms with E-state index in [1.54, 1.807) is 23.9 Å². The summed E-state index contributed by atoms with van der Waals surface area (Å²) in [5.41, 5.74) is 2.63. The lowest BCUT2D eigenvalue weighted by Crippen LogP contribution is -2.35. The molecule has 0 atom stereocenters. The van der Waals surface area contributed by atoms with Crippen molar-refractivity contribution < 1.29 is 4.79 Å². The fourth-order valence-corrected chi connectivity index (χ4v) is 3.15. The summed E-state index contributed by atoms with van der Waals surface area (Å²) in [6, 6.07) is 8.85. The summed E-state index contributed by atoms with van der Waals surface area (Å²) in [4.78, 5) is 15.5. The molecule has 0 aromatic heterocycles. The van der Waals surface area contributed by atoms with Gasteiger partial charge in [0, 0.05) is 20.3 Å². The summed E-state index contributed by atoms with van der Waals surface area (Å²) in [5.74, 6) is 0.734. The van der Waals surface area contributed by atoms with Gasteiger partial charge in [0.1, 0.15) is 0 Å². The van der Waals surface area contributed by atoms with Crippen LogP contribution in [-0.4, -0.2) is 29.9 Å². The Morgan fingerprint density at radius 3 is 2.32 bits per heavy atom. The zero-order valence-corrected chi connectivity index (χ0v) is 14.1. The largest absolute Gasteiger partial charge is 0.330 e. The number of amides is 2. The Balaban J connectivity index is 2.04. The number of allylic oxidation sites excluding steroid dienone is 1. The first-order valence-electron chi connectivity index (χ1n) is 8.31. The van der Waals surface area contributed by atoms with Crippen molar-refractivity contribution in [1.29, 1.82) is 0 Å². The fraction of sp³-hybridized carbons (Fsp3) is 0.526. The van der Waals surface area contributed by atoms with Crippen LogP contribution in [0.3, 0.4) is 0 Å². The molecule has 0 unspecified atom stereocenters. The summed E-state index contributed by atoms with van der Waals surface area (Å²) in [5, 5.41) is 0. The summed E-state index contributed by atoms with van der Waals surface area (Å²) in [6.45, 7) is 2.55. The molecule has 0 radical (unpaired) electrons. The van der Waals surface area contributed by atoms with E-state index in [-0.39, 0.29) is 6.03 Å². The van der Waals surface area contributed by atoms with Crippen molar-refractivity contribution in [2.24, 2.45) is 0 Å². The Bertz CT molecular complexity index is 499. The third-order valence-electron chi connectivity index (χ3n) is 4.37. The van der Waals surface area contributed by atoms with Crippen molar-refractivity contribution in [3.8, 4) is 0 Å². The highest BCUT2D eigenvalue weighted by atomic mass is 16.2. The summed E-state index contributed by atoms with van der Waals surface area (Å²) in [6.07, 6.45) is 10.5. The number of hydrogen-bond donors (Lipinski definition) is 0.